The Labute approximate surface area is 203 Å². The number of anilines is 1. The fourth-order valence-electron chi connectivity index (χ4n) is 4.01. The number of aromatic hydroxyl groups is 2. The zero-order valence-electron chi connectivity index (χ0n) is 18.4. The number of phenols is 1. The minimum Gasteiger partial charge on any atom is -0.508 e. The summed E-state index contributed by atoms with van der Waals surface area (Å²) in [6.45, 7) is 1.56. The van der Waals surface area contributed by atoms with Crippen molar-refractivity contribution in [2.24, 2.45) is 4.99 Å². The Kier molecular flexibility index (Phi) is 5.62. The van der Waals surface area contributed by atoms with Crippen LogP contribution in [-0.4, -0.2) is 31.6 Å². The summed E-state index contributed by atoms with van der Waals surface area (Å²) >= 11 is 5.92. The van der Waals surface area contributed by atoms with E-state index in [0.717, 1.165) is 5.56 Å². The minimum atomic E-state index is -0.731. The normalized spacial score (nSPS) is 14.8. The molecule has 3 heterocycles. The topological polar surface area (TPSA) is 130 Å². The van der Waals surface area contributed by atoms with Crippen molar-refractivity contribution in [2.75, 3.05) is 5.32 Å². The second kappa shape index (κ2) is 8.77. The first kappa shape index (κ1) is 22.4. The van der Waals surface area contributed by atoms with Gasteiger partial charge in [-0.15, -0.1) is 0 Å². The van der Waals surface area contributed by atoms with Gasteiger partial charge >= 0.3 is 5.63 Å². The summed E-state index contributed by atoms with van der Waals surface area (Å²) in [5.74, 6) is -0.143. The zero-order chi connectivity index (χ0) is 24.7. The Morgan fingerprint density at radius 2 is 1.86 bits per heavy atom. The lowest BCUT2D eigenvalue weighted by atomic mass is 9.96. The van der Waals surface area contributed by atoms with E-state index in [2.05, 4.69) is 15.4 Å². The van der Waals surface area contributed by atoms with Gasteiger partial charge in [0.15, 0.2) is 5.82 Å². The van der Waals surface area contributed by atoms with Crippen LogP contribution in [0.5, 0.6) is 11.5 Å². The summed E-state index contributed by atoms with van der Waals surface area (Å²) in [5.41, 5.74) is 0.924. The number of aryl methyl sites for hydroxylation is 1. The highest BCUT2D eigenvalue weighted by molar-refractivity contribution is 6.30. The van der Waals surface area contributed by atoms with Gasteiger partial charge in [0.1, 0.15) is 28.4 Å². The van der Waals surface area contributed by atoms with Crippen molar-refractivity contribution in [1.82, 2.24) is 9.78 Å². The molecule has 2 aromatic heterocycles. The van der Waals surface area contributed by atoms with Crippen molar-refractivity contribution in [3.05, 3.63) is 98.7 Å². The van der Waals surface area contributed by atoms with Gasteiger partial charge < -0.3 is 19.9 Å². The molecule has 9 nitrogen and oxygen atoms in total. The van der Waals surface area contributed by atoms with Crippen LogP contribution in [0.2, 0.25) is 5.02 Å². The lowest BCUT2D eigenvalue weighted by molar-refractivity contribution is 0.102. The summed E-state index contributed by atoms with van der Waals surface area (Å²) in [6.07, 6.45) is 1.59. The van der Waals surface area contributed by atoms with Crippen molar-refractivity contribution in [3.63, 3.8) is 0 Å². The monoisotopic (exact) mass is 490 g/mol. The molecule has 35 heavy (non-hydrogen) atoms. The largest absolute Gasteiger partial charge is 0.508 e. The predicted octanol–water partition coefficient (Wildman–Crippen LogP) is 4.58. The van der Waals surface area contributed by atoms with E-state index < -0.39 is 17.6 Å². The van der Waals surface area contributed by atoms with Crippen LogP contribution in [0.1, 0.15) is 39.7 Å². The Hall–Kier alpha value is -4.37. The number of rotatable bonds is 4. The number of hydrogen-bond donors (Lipinski definition) is 3. The molecular formula is C25H19ClN4O5. The molecule has 1 aliphatic heterocycles. The van der Waals surface area contributed by atoms with Crippen LogP contribution in [0.15, 0.2) is 75.0 Å². The highest BCUT2D eigenvalue weighted by Gasteiger charge is 2.32. The van der Waals surface area contributed by atoms with E-state index >= 15 is 0 Å². The number of phenolic OH excluding ortho intramolecular Hbond substituents is 1. The molecule has 5 rings (SSSR count). The summed E-state index contributed by atoms with van der Waals surface area (Å²) in [7, 11) is 0. The van der Waals surface area contributed by atoms with E-state index in [1.165, 1.54) is 24.4 Å². The third-order valence-corrected chi connectivity index (χ3v) is 5.91. The first-order valence-electron chi connectivity index (χ1n) is 10.6. The molecule has 0 unspecified atom stereocenters. The van der Waals surface area contributed by atoms with Gasteiger partial charge in [0.25, 0.3) is 5.91 Å². The summed E-state index contributed by atoms with van der Waals surface area (Å²) in [5, 5.41) is 28.0. The Morgan fingerprint density at radius 1 is 1.14 bits per heavy atom. The third-order valence-electron chi connectivity index (χ3n) is 5.66. The number of nitrogens with one attached hydrogen (secondary N) is 1. The molecule has 4 aromatic rings. The number of amides is 1. The third kappa shape index (κ3) is 4.29. The fraction of sp³-hybridized carbons (Fsp3) is 0.120. The van der Waals surface area contributed by atoms with Gasteiger partial charge in [0, 0.05) is 23.2 Å². The fourth-order valence-corrected chi connectivity index (χ4v) is 4.13. The molecule has 1 atom stereocenters. The molecule has 1 aliphatic rings. The average Bonchev–Trinajstić information content (AvgIpc) is 3.24. The Bertz CT molecular complexity index is 1520. The zero-order valence-corrected chi connectivity index (χ0v) is 19.2. The molecule has 0 fully saturated rings. The van der Waals surface area contributed by atoms with Gasteiger partial charge in [-0.25, -0.2) is 14.5 Å². The van der Waals surface area contributed by atoms with E-state index in [0.29, 0.717) is 10.7 Å². The highest BCUT2D eigenvalue weighted by atomic mass is 35.5. The van der Waals surface area contributed by atoms with E-state index in [-0.39, 0.29) is 46.3 Å². The number of aliphatic imine (C=N–C) groups is 1. The second-order valence-electron chi connectivity index (χ2n) is 8.06. The molecular weight excluding hydrogens is 472 g/mol. The van der Waals surface area contributed by atoms with Crippen LogP contribution < -0.4 is 10.9 Å². The average molecular weight is 491 g/mol. The van der Waals surface area contributed by atoms with Crippen LogP contribution in [-0.2, 0) is 0 Å². The second-order valence-corrected chi connectivity index (χ2v) is 8.50. The van der Waals surface area contributed by atoms with Crippen molar-refractivity contribution >= 4 is 34.7 Å². The number of benzene rings is 2. The van der Waals surface area contributed by atoms with E-state index in [9.17, 15) is 19.8 Å². The number of nitrogens with zero attached hydrogens (tertiary/aromatic N) is 3. The molecule has 2 aromatic carbocycles. The standard InChI is InChI=1S/C25H19ClN4O5/c1-13-10-21(32)22(25(34)35-13)19-11-20(14-2-8-17(31)9-3-14)30-23(29-19)18(12-27-30)24(33)28-16-6-4-15(26)5-7-16/h2-10,12,20,31-32H,11H2,1H3,(H,28,33)/t20-/m0/s1. The molecule has 0 spiro atoms. The molecule has 3 N–H and O–H groups in total. The molecule has 1 amide bonds. The highest BCUT2D eigenvalue weighted by Crippen LogP contribution is 2.37. The smallest absolute Gasteiger partial charge is 0.348 e. The van der Waals surface area contributed by atoms with Gasteiger partial charge in [-0.05, 0) is 48.9 Å². The summed E-state index contributed by atoms with van der Waals surface area (Å²) in [6, 6.07) is 14.0. The van der Waals surface area contributed by atoms with Crippen molar-refractivity contribution in [3.8, 4) is 11.5 Å². The molecule has 0 saturated carbocycles. The summed E-state index contributed by atoms with van der Waals surface area (Å²) in [4.78, 5) is 30.3. The maximum Gasteiger partial charge on any atom is 0.348 e. The van der Waals surface area contributed by atoms with E-state index in [1.807, 2.05) is 0 Å². The number of fused-ring (bicyclic) bond motifs is 1. The minimum absolute atomic E-state index is 0.0733. The quantitative estimate of drug-likeness (QED) is 0.384. The van der Waals surface area contributed by atoms with Crippen LogP contribution in [0, 0.1) is 6.92 Å². The number of carbonyl (C=O) groups excluding carboxylic acids is 1. The number of aromatic nitrogens is 2. The van der Waals surface area contributed by atoms with Gasteiger partial charge in [0.2, 0.25) is 0 Å². The number of hydrogen-bond acceptors (Lipinski definition) is 7. The summed E-state index contributed by atoms with van der Waals surface area (Å²) < 4.78 is 6.78. The Balaban J connectivity index is 1.62. The SMILES string of the molecule is Cc1cc(O)c(C2=Nc3c(C(=O)Nc4ccc(Cl)cc4)cnn3[C@H](c3ccc(O)cc3)C2)c(=O)o1. The van der Waals surface area contributed by atoms with Crippen LogP contribution >= 0.6 is 11.6 Å². The van der Waals surface area contributed by atoms with Crippen LogP contribution in [0.4, 0.5) is 11.5 Å². The molecule has 0 saturated heterocycles. The molecule has 176 valence electrons. The van der Waals surface area contributed by atoms with Crippen molar-refractivity contribution < 1.29 is 19.4 Å². The lowest BCUT2D eigenvalue weighted by Gasteiger charge is -2.25. The van der Waals surface area contributed by atoms with Crippen molar-refractivity contribution in [1.29, 1.82) is 0 Å². The van der Waals surface area contributed by atoms with Gasteiger partial charge in [0.05, 0.1) is 18.0 Å². The maximum absolute atomic E-state index is 13.1. The predicted molar refractivity (Wildman–Crippen MR) is 130 cm³/mol. The molecule has 10 heteroatoms. The number of carbonyl (C=O) groups is 1. The van der Waals surface area contributed by atoms with Crippen LogP contribution in [0.3, 0.4) is 0 Å². The van der Waals surface area contributed by atoms with Crippen LogP contribution in [0.25, 0.3) is 0 Å². The molecule has 0 radical (unpaired) electrons. The first-order chi connectivity index (χ1) is 16.8. The van der Waals surface area contributed by atoms with E-state index in [1.54, 1.807) is 48.0 Å². The number of halogens is 1. The maximum atomic E-state index is 13.1. The first-order valence-corrected chi connectivity index (χ1v) is 11.0. The molecule has 0 bridgehead atoms. The molecule has 0 aliphatic carbocycles. The lowest BCUT2D eigenvalue weighted by Crippen LogP contribution is -2.25. The van der Waals surface area contributed by atoms with Gasteiger partial charge in [-0.2, -0.15) is 5.10 Å². The van der Waals surface area contributed by atoms with Gasteiger partial charge in [-0.1, -0.05) is 23.7 Å². The Morgan fingerprint density at radius 3 is 2.54 bits per heavy atom. The van der Waals surface area contributed by atoms with E-state index in [4.69, 9.17) is 16.0 Å². The van der Waals surface area contributed by atoms with Gasteiger partial charge in [-0.3, -0.25) is 4.79 Å². The van der Waals surface area contributed by atoms with Crippen molar-refractivity contribution in [2.45, 2.75) is 19.4 Å².